The van der Waals surface area contributed by atoms with Crippen molar-refractivity contribution in [2.24, 2.45) is 5.92 Å². The van der Waals surface area contributed by atoms with E-state index in [1.54, 1.807) is 13.3 Å². The Morgan fingerprint density at radius 3 is 2.92 bits per heavy atom. The molecule has 1 atom stereocenters. The van der Waals surface area contributed by atoms with E-state index in [9.17, 15) is 5.11 Å². The largest absolute Gasteiger partial charge is 0.387 e. The molecule has 0 unspecified atom stereocenters. The molecule has 130 valence electrons. The van der Waals surface area contributed by atoms with Crippen LogP contribution in [0.1, 0.15) is 36.4 Å². The summed E-state index contributed by atoms with van der Waals surface area (Å²) < 4.78 is 10.3. The lowest BCUT2D eigenvalue weighted by molar-refractivity contribution is 0.0511. The third kappa shape index (κ3) is 4.37. The lowest BCUT2D eigenvalue weighted by Gasteiger charge is -2.33. The molecule has 3 rings (SSSR count). The van der Waals surface area contributed by atoms with E-state index in [1.165, 1.54) is 0 Å². The van der Waals surface area contributed by atoms with Gasteiger partial charge in [0.05, 0.1) is 24.9 Å². The number of rotatable bonds is 7. The van der Waals surface area contributed by atoms with Gasteiger partial charge in [-0.2, -0.15) is 4.98 Å². The third-order valence-corrected chi connectivity index (χ3v) is 4.47. The summed E-state index contributed by atoms with van der Waals surface area (Å²) in [5, 5.41) is 14.4. The van der Waals surface area contributed by atoms with E-state index in [-0.39, 0.29) is 5.92 Å². The maximum absolute atomic E-state index is 10.5. The quantitative estimate of drug-likeness (QED) is 0.824. The number of pyridine rings is 1. The number of hydrogen-bond acceptors (Lipinski definition) is 7. The van der Waals surface area contributed by atoms with Gasteiger partial charge in [0, 0.05) is 19.7 Å². The minimum atomic E-state index is -0.489. The summed E-state index contributed by atoms with van der Waals surface area (Å²) in [4.78, 5) is 10.9. The number of aliphatic hydroxyl groups excluding tert-OH is 1. The van der Waals surface area contributed by atoms with Crippen molar-refractivity contribution in [3.63, 3.8) is 0 Å². The molecule has 24 heavy (non-hydrogen) atoms. The second-order valence-corrected chi connectivity index (χ2v) is 6.16. The van der Waals surface area contributed by atoms with Crippen molar-refractivity contribution in [3.05, 3.63) is 41.8 Å². The number of aromatic nitrogens is 3. The molecule has 1 aliphatic heterocycles. The SMILES string of the molecule is COCCc1noc(CN2CCC([C@@H](O)c3ccccn3)CC2)n1. The zero-order chi connectivity index (χ0) is 16.8. The molecule has 1 saturated heterocycles. The zero-order valence-electron chi connectivity index (χ0n) is 14.0. The maximum Gasteiger partial charge on any atom is 0.240 e. The molecule has 0 bridgehead atoms. The van der Waals surface area contributed by atoms with E-state index < -0.39 is 6.10 Å². The zero-order valence-corrected chi connectivity index (χ0v) is 14.0. The first-order chi connectivity index (χ1) is 11.8. The molecule has 3 heterocycles. The second kappa shape index (κ2) is 8.32. The summed E-state index contributed by atoms with van der Waals surface area (Å²) in [6.45, 7) is 3.07. The Labute approximate surface area is 141 Å². The number of nitrogens with zero attached hydrogens (tertiary/aromatic N) is 4. The van der Waals surface area contributed by atoms with Gasteiger partial charge in [-0.1, -0.05) is 11.2 Å². The van der Waals surface area contributed by atoms with Crippen molar-refractivity contribution in [1.82, 2.24) is 20.0 Å². The van der Waals surface area contributed by atoms with Gasteiger partial charge in [0.2, 0.25) is 5.89 Å². The fraction of sp³-hybridized carbons (Fsp3) is 0.588. The van der Waals surface area contributed by atoms with Crippen LogP contribution >= 0.6 is 0 Å². The molecule has 7 heteroatoms. The fourth-order valence-corrected chi connectivity index (χ4v) is 3.06. The van der Waals surface area contributed by atoms with Gasteiger partial charge in [-0.25, -0.2) is 0 Å². The molecule has 0 radical (unpaired) electrons. The summed E-state index contributed by atoms with van der Waals surface area (Å²) in [5.41, 5.74) is 0.760. The highest BCUT2D eigenvalue weighted by Crippen LogP contribution is 2.30. The number of hydrogen-bond donors (Lipinski definition) is 1. The van der Waals surface area contributed by atoms with Crippen molar-refractivity contribution in [1.29, 1.82) is 0 Å². The van der Waals surface area contributed by atoms with Crippen molar-refractivity contribution in [2.45, 2.75) is 31.9 Å². The van der Waals surface area contributed by atoms with Gasteiger partial charge in [-0.15, -0.1) is 0 Å². The van der Waals surface area contributed by atoms with Crippen LogP contribution in [0.3, 0.4) is 0 Å². The van der Waals surface area contributed by atoms with E-state index in [0.29, 0.717) is 31.3 Å². The monoisotopic (exact) mass is 332 g/mol. The van der Waals surface area contributed by atoms with Crippen LogP contribution < -0.4 is 0 Å². The van der Waals surface area contributed by atoms with Crippen molar-refractivity contribution in [2.75, 3.05) is 26.8 Å². The van der Waals surface area contributed by atoms with Crippen LogP contribution in [-0.2, 0) is 17.7 Å². The topological polar surface area (TPSA) is 84.5 Å². The lowest BCUT2D eigenvalue weighted by Crippen LogP contribution is -2.35. The third-order valence-electron chi connectivity index (χ3n) is 4.47. The highest BCUT2D eigenvalue weighted by atomic mass is 16.5. The molecule has 2 aromatic heterocycles. The molecule has 0 saturated carbocycles. The van der Waals surface area contributed by atoms with Gasteiger partial charge in [0.1, 0.15) is 0 Å². The number of methoxy groups -OCH3 is 1. The predicted molar refractivity (Wildman–Crippen MR) is 87.1 cm³/mol. The lowest BCUT2D eigenvalue weighted by atomic mass is 9.89. The van der Waals surface area contributed by atoms with Crippen LogP contribution in [0, 0.1) is 5.92 Å². The number of piperidine rings is 1. The average molecular weight is 332 g/mol. The van der Waals surface area contributed by atoms with Crippen molar-refractivity contribution < 1.29 is 14.4 Å². The van der Waals surface area contributed by atoms with Crippen LogP contribution in [0.4, 0.5) is 0 Å². The fourth-order valence-electron chi connectivity index (χ4n) is 3.06. The summed E-state index contributed by atoms with van der Waals surface area (Å²) in [7, 11) is 1.66. The number of likely N-dealkylation sites (tertiary alicyclic amines) is 1. The minimum Gasteiger partial charge on any atom is -0.387 e. The number of ether oxygens (including phenoxy) is 1. The average Bonchev–Trinajstić information content (AvgIpc) is 3.08. The molecule has 1 aliphatic rings. The van der Waals surface area contributed by atoms with Crippen molar-refractivity contribution in [3.8, 4) is 0 Å². The molecule has 1 N–H and O–H groups in total. The van der Waals surface area contributed by atoms with Crippen LogP contribution in [0.5, 0.6) is 0 Å². The van der Waals surface area contributed by atoms with Gasteiger partial charge in [0.25, 0.3) is 0 Å². The second-order valence-electron chi connectivity index (χ2n) is 6.16. The van der Waals surface area contributed by atoms with Gasteiger partial charge in [0.15, 0.2) is 5.82 Å². The maximum atomic E-state index is 10.5. The first-order valence-corrected chi connectivity index (χ1v) is 8.38. The molecule has 0 spiro atoms. The molecule has 2 aromatic rings. The Bertz CT molecular complexity index is 611. The highest BCUT2D eigenvalue weighted by Gasteiger charge is 2.27. The normalized spacial score (nSPS) is 17.9. The van der Waals surface area contributed by atoms with Gasteiger partial charge in [-0.3, -0.25) is 9.88 Å². The van der Waals surface area contributed by atoms with E-state index >= 15 is 0 Å². The standard InChI is InChI=1S/C17H24N4O3/c1-23-11-7-15-19-16(24-20-15)12-21-9-5-13(6-10-21)17(22)14-4-2-3-8-18-14/h2-4,8,13,17,22H,5-7,9-12H2,1H3/t17-/m1/s1. The molecule has 0 aliphatic carbocycles. The summed E-state index contributed by atoms with van der Waals surface area (Å²) in [6, 6.07) is 5.67. The van der Waals surface area contributed by atoms with Crippen LogP contribution in [0.2, 0.25) is 0 Å². The first kappa shape index (κ1) is 17.0. The van der Waals surface area contributed by atoms with Gasteiger partial charge in [-0.05, 0) is 44.0 Å². The molecule has 7 nitrogen and oxygen atoms in total. The van der Waals surface area contributed by atoms with E-state index in [0.717, 1.165) is 31.6 Å². The van der Waals surface area contributed by atoms with Gasteiger partial charge >= 0.3 is 0 Å². The number of aliphatic hydroxyl groups is 1. The molecular formula is C17H24N4O3. The summed E-state index contributed by atoms with van der Waals surface area (Å²) >= 11 is 0. The van der Waals surface area contributed by atoms with Crippen LogP contribution in [0.15, 0.2) is 28.9 Å². The van der Waals surface area contributed by atoms with Crippen molar-refractivity contribution >= 4 is 0 Å². The van der Waals surface area contributed by atoms with Gasteiger partial charge < -0.3 is 14.4 Å². The van der Waals surface area contributed by atoms with E-state index in [4.69, 9.17) is 9.26 Å². The summed E-state index contributed by atoms with van der Waals surface area (Å²) in [5.74, 6) is 1.58. The Morgan fingerprint density at radius 2 is 2.21 bits per heavy atom. The Morgan fingerprint density at radius 1 is 1.38 bits per heavy atom. The molecular weight excluding hydrogens is 308 g/mol. The first-order valence-electron chi connectivity index (χ1n) is 8.38. The Balaban J connectivity index is 1.47. The summed E-state index contributed by atoms with van der Waals surface area (Å²) in [6.07, 6.45) is 3.77. The van der Waals surface area contributed by atoms with Crippen LogP contribution in [0.25, 0.3) is 0 Å². The molecule has 0 aromatic carbocycles. The van der Waals surface area contributed by atoms with E-state index in [1.807, 2.05) is 18.2 Å². The smallest absolute Gasteiger partial charge is 0.240 e. The molecule has 1 fully saturated rings. The Kier molecular flexibility index (Phi) is 5.90. The minimum absolute atomic E-state index is 0.246. The Hall–Kier alpha value is -1.83. The predicted octanol–water partition coefficient (Wildman–Crippen LogP) is 1.60. The van der Waals surface area contributed by atoms with E-state index in [2.05, 4.69) is 20.0 Å². The highest BCUT2D eigenvalue weighted by molar-refractivity contribution is 5.08. The molecule has 0 amide bonds. The van der Waals surface area contributed by atoms with Crippen LogP contribution in [-0.4, -0.2) is 51.9 Å².